The molecule has 154 valence electrons. The minimum absolute atomic E-state index is 0.0336. The number of aromatic nitrogens is 2. The molecule has 2 atom stereocenters. The minimum atomic E-state index is -0.387. The second-order valence-electron chi connectivity index (χ2n) is 8.71. The number of hydrogen-bond acceptors (Lipinski definition) is 3. The molecule has 1 aromatic heterocycles. The Morgan fingerprint density at radius 1 is 1.13 bits per heavy atom. The molecule has 1 aliphatic heterocycles. The molecule has 0 radical (unpaired) electrons. The quantitative estimate of drug-likeness (QED) is 0.722. The number of benzene rings is 2. The Labute approximate surface area is 177 Å². The summed E-state index contributed by atoms with van der Waals surface area (Å²) in [4.78, 5) is 14.9. The Hall–Kier alpha value is -2.92. The number of hydrogen-bond donors (Lipinski definition) is 1. The molecule has 0 unspecified atom stereocenters. The first-order valence-corrected chi connectivity index (χ1v) is 10.7. The third kappa shape index (κ3) is 3.33. The summed E-state index contributed by atoms with van der Waals surface area (Å²) in [6.07, 6.45) is 6.98. The van der Waals surface area contributed by atoms with Gasteiger partial charge < -0.3 is 10.0 Å². The molecule has 30 heavy (non-hydrogen) atoms. The maximum absolute atomic E-state index is 13.1. The molecule has 3 aromatic rings. The molecule has 5 heteroatoms. The molecule has 2 heterocycles. The smallest absolute Gasteiger partial charge is 0.254 e. The van der Waals surface area contributed by atoms with Crippen LogP contribution in [0.1, 0.15) is 51.9 Å². The second kappa shape index (κ2) is 7.40. The first-order valence-electron chi connectivity index (χ1n) is 10.7. The zero-order chi connectivity index (χ0) is 20.8. The Balaban J connectivity index is 1.37. The largest absolute Gasteiger partial charge is 0.391 e. The number of aryl methyl sites for hydroxylation is 2. The van der Waals surface area contributed by atoms with Crippen molar-refractivity contribution in [2.24, 2.45) is 7.05 Å². The molecule has 5 nitrogen and oxygen atoms in total. The van der Waals surface area contributed by atoms with Gasteiger partial charge in [-0.1, -0.05) is 30.3 Å². The fourth-order valence-electron chi connectivity index (χ4n) is 4.90. The molecule has 1 aliphatic carbocycles. The van der Waals surface area contributed by atoms with Crippen LogP contribution in [0, 0.1) is 6.92 Å². The molecular weight excluding hydrogens is 374 g/mol. The lowest BCUT2D eigenvalue weighted by atomic mass is 9.95. The van der Waals surface area contributed by atoms with Gasteiger partial charge in [0.25, 0.3) is 5.91 Å². The average molecular weight is 402 g/mol. The second-order valence-corrected chi connectivity index (χ2v) is 8.71. The highest BCUT2D eigenvalue weighted by Crippen LogP contribution is 2.33. The Bertz CT molecular complexity index is 1100. The summed E-state index contributed by atoms with van der Waals surface area (Å²) in [5, 5.41) is 14.5. The lowest BCUT2D eigenvalue weighted by Crippen LogP contribution is -2.40. The fraction of sp³-hybridized carbons (Fsp3) is 0.360. The topological polar surface area (TPSA) is 58.4 Å². The van der Waals surface area contributed by atoms with Crippen molar-refractivity contribution in [2.75, 3.05) is 0 Å². The van der Waals surface area contributed by atoms with Gasteiger partial charge in [0, 0.05) is 30.9 Å². The third-order valence-corrected chi connectivity index (χ3v) is 6.62. The van der Waals surface area contributed by atoms with E-state index in [4.69, 9.17) is 0 Å². The van der Waals surface area contributed by atoms with E-state index >= 15 is 0 Å². The molecule has 0 saturated heterocycles. The highest BCUT2D eigenvalue weighted by molar-refractivity contribution is 5.99. The van der Waals surface area contributed by atoms with Gasteiger partial charge in [-0.3, -0.25) is 9.48 Å². The first-order chi connectivity index (χ1) is 14.5. The summed E-state index contributed by atoms with van der Waals surface area (Å²) in [7, 11) is 1.92. The van der Waals surface area contributed by atoms with E-state index in [0.29, 0.717) is 6.54 Å². The number of nitrogens with zero attached hydrogens (tertiary/aromatic N) is 3. The number of fused-ring (bicyclic) bond motifs is 1. The molecule has 1 fully saturated rings. The Kier molecular flexibility index (Phi) is 4.70. The molecule has 2 aliphatic rings. The van der Waals surface area contributed by atoms with Gasteiger partial charge in [-0.2, -0.15) is 5.10 Å². The summed E-state index contributed by atoms with van der Waals surface area (Å²) >= 11 is 0. The summed E-state index contributed by atoms with van der Waals surface area (Å²) in [6.45, 7) is 2.74. The van der Waals surface area contributed by atoms with Crippen molar-refractivity contribution >= 4 is 5.91 Å². The summed E-state index contributed by atoms with van der Waals surface area (Å²) in [5.41, 5.74) is 7.78. The van der Waals surface area contributed by atoms with Crippen LogP contribution in [0.5, 0.6) is 0 Å². The standard InChI is InChI=1S/C25H27N3O2/c1-16-10-20-15-28(23-4-3-5-24(23)29)25(30)22(20)12-19(16)11-17-6-8-18(9-7-17)21-13-26-27(2)14-21/h6-10,12-14,23-24,29H,3-5,11,15H2,1-2H3/t23-,24-/m0/s1. The van der Waals surface area contributed by atoms with Crippen LogP contribution in [0.15, 0.2) is 48.8 Å². The van der Waals surface area contributed by atoms with Crippen molar-refractivity contribution < 1.29 is 9.90 Å². The van der Waals surface area contributed by atoms with Crippen LogP contribution in [0.3, 0.4) is 0 Å². The number of aliphatic hydroxyl groups excluding tert-OH is 1. The van der Waals surface area contributed by atoms with E-state index in [-0.39, 0.29) is 18.1 Å². The van der Waals surface area contributed by atoms with Gasteiger partial charge in [0.1, 0.15) is 0 Å². The maximum Gasteiger partial charge on any atom is 0.254 e. The van der Waals surface area contributed by atoms with Crippen molar-refractivity contribution in [3.63, 3.8) is 0 Å². The summed E-state index contributed by atoms with van der Waals surface area (Å²) < 4.78 is 1.81. The number of carbonyl (C=O) groups is 1. The monoisotopic (exact) mass is 401 g/mol. The molecule has 2 aromatic carbocycles. The van der Waals surface area contributed by atoms with E-state index in [9.17, 15) is 9.90 Å². The number of aliphatic hydroxyl groups is 1. The average Bonchev–Trinajstić information content (AvgIpc) is 3.43. The van der Waals surface area contributed by atoms with Gasteiger partial charge in [0.05, 0.1) is 18.3 Å². The predicted molar refractivity (Wildman–Crippen MR) is 116 cm³/mol. The third-order valence-electron chi connectivity index (χ3n) is 6.62. The SMILES string of the molecule is Cc1cc2c(cc1Cc1ccc(-c3cnn(C)c3)cc1)C(=O)N([C@H]1CCC[C@@H]1O)C2. The summed E-state index contributed by atoms with van der Waals surface area (Å²) in [6, 6.07) is 12.8. The van der Waals surface area contributed by atoms with Crippen LogP contribution >= 0.6 is 0 Å². The van der Waals surface area contributed by atoms with E-state index in [1.165, 1.54) is 16.7 Å². The normalized spacial score (nSPS) is 20.8. The van der Waals surface area contributed by atoms with E-state index in [1.807, 2.05) is 29.0 Å². The van der Waals surface area contributed by atoms with Crippen molar-refractivity contribution in [1.29, 1.82) is 0 Å². The number of amides is 1. The molecular formula is C25H27N3O2. The zero-order valence-electron chi connectivity index (χ0n) is 17.5. The van der Waals surface area contributed by atoms with Gasteiger partial charge in [-0.15, -0.1) is 0 Å². The number of rotatable bonds is 4. The highest BCUT2D eigenvalue weighted by Gasteiger charge is 2.38. The Morgan fingerprint density at radius 3 is 2.60 bits per heavy atom. The summed E-state index contributed by atoms with van der Waals surface area (Å²) in [5.74, 6) is 0.0733. The molecule has 1 saturated carbocycles. The van der Waals surface area contributed by atoms with Crippen LogP contribution in [0.4, 0.5) is 0 Å². The molecule has 1 N–H and O–H groups in total. The minimum Gasteiger partial charge on any atom is -0.391 e. The fourth-order valence-corrected chi connectivity index (χ4v) is 4.90. The van der Waals surface area contributed by atoms with Crippen LogP contribution in [0.2, 0.25) is 0 Å². The van der Waals surface area contributed by atoms with E-state index in [2.05, 4.69) is 48.4 Å². The first kappa shape index (κ1) is 19.1. The van der Waals surface area contributed by atoms with Gasteiger partial charge in [0.15, 0.2) is 0 Å². The van der Waals surface area contributed by atoms with Crippen molar-refractivity contribution in [2.45, 2.75) is 51.3 Å². The molecule has 0 bridgehead atoms. The predicted octanol–water partition coefficient (Wildman–Crippen LogP) is 3.86. The van der Waals surface area contributed by atoms with Gasteiger partial charge in [-0.05, 0) is 66.5 Å². The van der Waals surface area contributed by atoms with Gasteiger partial charge in [0.2, 0.25) is 0 Å². The maximum atomic E-state index is 13.1. The molecule has 5 rings (SSSR count). The molecule has 1 amide bonds. The lowest BCUT2D eigenvalue weighted by Gasteiger charge is -2.26. The lowest BCUT2D eigenvalue weighted by molar-refractivity contribution is 0.0479. The van der Waals surface area contributed by atoms with Crippen molar-refractivity contribution in [1.82, 2.24) is 14.7 Å². The highest BCUT2D eigenvalue weighted by atomic mass is 16.3. The van der Waals surface area contributed by atoms with Crippen LogP contribution in [-0.4, -0.2) is 37.8 Å². The van der Waals surface area contributed by atoms with Gasteiger partial charge in [-0.25, -0.2) is 0 Å². The Morgan fingerprint density at radius 2 is 1.93 bits per heavy atom. The van der Waals surface area contributed by atoms with Gasteiger partial charge >= 0.3 is 0 Å². The van der Waals surface area contributed by atoms with Crippen LogP contribution in [0.25, 0.3) is 11.1 Å². The zero-order valence-corrected chi connectivity index (χ0v) is 17.5. The van der Waals surface area contributed by atoms with Crippen LogP contribution in [-0.2, 0) is 20.0 Å². The van der Waals surface area contributed by atoms with E-state index < -0.39 is 0 Å². The van der Waals surface area contributed by atoms with Crippen molar-refractivity contribution in [3.05, 3.63) is 76.6 Å². The number of carbonyl (C=O) groups excluding carboxylic acids is 1. The van der Waals surface area contributed by atoms with Crippen LogP contribution < -0.4 is 0 Å². The molecule has 0 spiro atoms. The van der Waals surface area contributed by atoms with E-state index in [0.717, 1.165) is 47.9 Å². The van der Waals surface area contributed by atoms with E-state index in [1.54, 1.807) is 0 Å². The van der Waals surface area contributed by atoms with Crippen molar-refractivity contribution in [3.8, 4) is 11.1 Å².